The van der Waals surface area contributed by atoms with Crippen molar-refractivity contribution in [1.29, 1.82) is 0 Å². The molecular weight excluding hydrogens is 312 g/mol. The third kappa shape index (κ3) is 2.87. The summed E-state index contributed by atoms with van der Waals surface area (Å²) < 4.78 is 1.59. The van der Waals surface area contributed by atoms with Gasteiger partial charge in [-0.15, -0.1) is 11.3 Å². The van der Waals surface area contributed by atoms with E-state index >= 15 is 0 Å². The number of hydrogen-bond donors (Lipinski definition) is 1. The Morgan fingerprint density at radius 1 is 1.35 bits per heavy atom. The fourth-order valence-corrected chi connectivity index (χ4v) is 3.42. The Kier molecular flexibility index (Phi) is 4.20. The Labute approximate surface area is 136 Å². The van der Waals surface area contributed by atoms with Gasteiger partial charge in [-0.2, -0.15) is 0 Å². The lowest BCUT2D eigenvalue weighted by Gasteiger charge is -2.03. The van der Waals surface area contributed by atoms with Crippen molar-refractivity contribution in [2.24, 2.45) is 0 Å². The molecule has 118 valence electrons. The van der Waals surface area contributed by atoms with E-state index in [0.29, 0.717) is 33.0 Å². The van der Waals surface area contributed by atoms with Crippen LogP contribution in [-0.2, 0) is 6.54 Å². The molecule has 0 unspecified atom stereocenters. The molecule has 0 saturated carbocycles. The molecule has 0 aliphatic heterocycles. The average Bonchev–Trinajstić information content (AvgIpc) is 2.89. The standard InChI is InChI=1S/C16H16N4O2S/c1-3-8-20-9-18-15-12(16(20)22)10(2)13(23-15)14(21)19-11-6-4-5-7-17-11/h4-7,9H,3,8H2,1-2H3,(H,17,19,21). The predicted octanol–water partition coefficient (Wildman–Crippen LogP) is 2.82. The van der Waals surface area contributed by atoms with E-state index in [4.69, 9.17) is 0 Å². The molecule has 0 atom stereocenters. The summed E-state index contributed by atoms with van der Waals surface area (Å²) in [4.78, 5) is 34.4. The van der Waals surface area contributed by atoms with Crippen LogP contribution in [0.15, 0.2) is 35.5 Å². The van der Waals surface area contributed by atoms with Crippen LogP contribution >= 0.6 is 11.3 Å². The maximum Gasteiger partial charge on any atom is 0.267 e. The molecule has 0 bridgehead atoms. The summed E-state index contributed by atoms with van der Waals surface area (Å²) in [5.74, 6) is 0.205. The molecule has 6 nitrogen and oxygen atoms in total. The predicted molar refractivity (Wildman–Crippen MR) is 91.1 cm³/mol. The van der Waals surface area contributed by atoms with Crippen LogP contribution in [-0.4, -0.2) is 20.4 Å². The van der Waals surface area contributed by atoms with Crippen molar-refractivity contribution in [3.63, 3.8) is 0 Å². The first-order valence-electron chi connectivity index (χ1n) is 7.32. The number of carbonyl (C=O) groups excluding carboxylic acids is 1. The summed E-state index contributed by atoms with van der Waals surface area (Å²) in [6.45, 7) is 4.40. The summed E-state index contributed by atoms with van der Waals surface area (Å²) in [7, 11) is 0. The van der Waals surface area contributed by atoms with Crippen LogP contribution in [0, 0.1) is 6.92 Å². The first-order valence-corrected chi connectivity index (χ1v) is 8.14. The Bertz CT molecular complexity index is 915. The van der Waals surface area contributed by atoms with Gasteiger partial charge in [-0.05, 0) is 31.0 Å². The minimum absolute atomic E-state index is 0.0949. The van der Waals surface area contributed by atoms with Crippen molar-refractivity contribution >= 4 is 33.3 Å². The summed E-state index contributed by atoms with van der Waals surface area (Å²) in [5, 5.41) is 3.27. The van der Waals surface area contributed by atoms with E-state index in [9.17, 15) is 9.59 Å². The quantitative estimate of drug-likeness (QED) is 0.799. The maximum atomic E-state index is 12.5. The van der Waals surface area contributed by atoms with E-state index in [1.165, 1.54) is 11.3 Å². The lowest BCUT2D eigenvalue weighted by Crippen LogP contribution is -2.20. The molecule has 0 spiro atoms. The van der Waals surface area contributed by atoms with Crippen molar-refractivity contribution in [2.75, 3.05) is 5.32 Å². The Morgan fingerprint density at radius 3 is 2.87 bits per heavy atom. The lowest BCUT2D eigenvalue weighted by atomic mass is 10.2. The van der Waals surface area contributed by atoms with Crippen LogP contribution in [0.25, 0.3) is 10.2 Å². The molecule has 0 fully saturated rings. The summed E-state index contributed by atoms with van der Waals surface area (Å²) in [6.07, 6.45) is 4.01. The molecule has 3 heterocycles. The number of pyridine rings is 1. The molecule has 3 aromatic heterocycles. The maximum absolute atomic E-state index is 12.5. The molecule has 0 aliphatic rings. The lowest BCUT2D eigenvalue weighted by molar-refractivity contribution is 0.102. The van der Waals surface area contributed by atoms with Crippen molar-refractivity contribution in [2.45, 2.75) is 26.8 Å². The third-order valence-electron chi connectivity index (χ3n) is 3.49. The van der Waals surface area contributed by atoms with E-state index in [1.807, 2.05) is 6.92 Å². The number of nitrogens with one attached hydrogen (secondary N) is 1. The molecule has 0 aromatic carbocycles. The highest BCUT2D eigenvalue weighted by atomic mass is 32.1. The SMILES string of the molecule is CCCn1cnc2sc(C(=O)Nc3ccccn3)c(C)c2c1=O. The van der Waals surface area contributed by atoms with Crippen LogP contribution in [0.1, 0.15) is 28.6 Å². The van der Waals surface area contributed by atoms with Crippen LogP contribution in [0.3, 0.4) is 0 Å². The smallest absolute Gasteiger partial charge is 0.267 e. The second-order valence-corrected chi connectivity index (χ2v) is 6.15. The van der Waals surface area contributed by atoms with Crippen molar-refractivity contribution in [3.05, 3.63) is 51.5 Å². The van der Waals surface area contributed by atoms with Gasteiger partial charge in [0.1, 0.15) is 10.6 Å². The Hall–Kier alpha value is -2.54. The monoisotopic (exact) mass is 328 g/mol. The number of hydrogen-bond acceptors (Lipinski definition) is 5. The number of fused-ring (bicyclic) bond motifs is 1. The molecule has 3 aromatic rings. The van der Waals surface area contributed by atoms with Gasteiger partial charge in [0, 0.05) is 12.7 Å². The molecular formula is C16H16N4O2S. The van der Waals surface area contributed by atoms with E-state index in [1.54, 1.807) is 42.2 Å². The fourth-order valence-electron chi connectivity index (χ4n) is 2.39. The van der Waals surface area contributed by atoms with E-state index in [0.717, 1.165) is 6.42 Å². The normalized spacial score (nSPS) is 10.9. The van der Waals surface area contributed by atoms with Gasteiger partial charge >= 0.3 is 0 Å². The number of amides is 1. The van der Waals surface area contributed by atoms with E-state index in [2.05, 4.69) is 15.3 Å². The van der Waals surface area contributed by atoms with Crippen LogP contribution in [0.4, 0.5) is 5.82 Å². The van der Waals surface area contributed by atoms with Gasteiger partial charge in [0.25, 0.3) is 11.5 Å². The Morgan fingerprint density at radius 2 is 2.17 bits per heavy atom. The van der Waals surface area contributed by atoms with Crippen LogP contribution < -0.4 is 10.9 Å². The third-order valence-corrected chi connectivity index (χ3v) is 4.69. The van der Waals surface area contributed by atoms with Crippen molar-refractivity contribution in [1.82, 2.24) is 14.5 Å². The second kappa shape index (κ2) is 6.29. The zero-order valence-corrected chi connectivity index (χ0v) is 13.7. The number of nitrogens with zero attached hydrogens (tertiary/aromatic N) is 3. The number of anilines is 1. The van der Waals surface area contributed by atoms with E-state index in [-0.39, 0.29) is 11.5 Å². The summed E-state index contributed by atoms with van der Waals surface area (Å²) in [5.41, 5.74) is 0.573. The van der Waals surface area contributed by atoms with E-state index < -0.39 is 0 Å². The molecule has 0 aliphatic carbocycles. The highest BCUT2D eigenvalue weighted by molar-refractivity contribution is 7.20. The molecule has 23 heavy (non-hydrogen) atoms. The minimum atomic E-state index is -0.273. The average molecular weight is 328 g/mol. The highest BCUT2D eigenvalue weighted by Crippen LogP contribution is 2.27. The first-order chi connectivity index (χ1) is 11.1. The molecule has 1 N–H and O–H groups in total. The van der Waals surface area contributed by atoms with Gasteiger partial charge < -0.3 is 5.32 Å². The number of aromatic nitrogens is 3. The Balaban J connectivity index is 2.02. The molecule has 0 radical (unpaired) electrons. The van der Waals surface area contributed by atoms with Gasteiger partial charge in [0.15, 0.2) is 0 Å². The van der Waals surface area contributed by atoms with Crippen LogP contribution in [0.5, 0.6) is 0 Å². The number of aryl methyl sites for hydroxylation is 2. The van der Waals surface area contributed by atoms with Crippen molar-refractivity contribution < 1.29 is 4.79 Å². The van der Waals surface area contributed by atoms with Gasteiger partial charge in [-0.1, -0.05) is 13.0 Å². The van der Waals surface area contributed by atoms with Crippen LogP contribution in [0.2, 0.25) is 0 Å². The number of thiophene rings is 1. The minimum Gasteiger partial charge on any atom is -0.306 e. The largest absolute Gasteiger partial charge is 0.306 e. The zero-order chi connectivity index (χ0) is 16.4. The van der Waals surface area contributed by atoms with Gasteiger partial charge in [0.2, 0.25) is 0 Å². The summed E-state index contributed by atoms with van der Waals surface area (Å²) >= 11 is 1.23. The number of carbonyl (C=O) groups is 1. The zero-order valence-electron chi connectivity index (χ0n) is 12.9. The van der Waals surface area contributed by atoms with Gasteiger partial charge in [-0.25, -0.2) is 9.97 Å². The highest BCUT2D eigenvalue weighted by Gasteiger charge is 2.19. The molecule has 3 rings (SSSR count). The molecule has 0 saturated heterocycles. The first kappa shape index (κ1) is 15.4. The fraction of sp³-hybridized carbons (Fsp3) is 0.250. The second-order valence-electron chi connectivity index (χ2n) is 5.15. The van der Waals surface area contributed by atoms with Gasteiger partial charge in [-0.3, -0.25) is 14.2 Å². The molecule has 1 amide bonds. The topological polar surface area (TPSA) is 76.9 Å². The number of rotatable bonds is 4. The summed E-state index contributed by atoms with van der Waals surface area (Å²) in [6, 6.07) is 5.29. The molecule has 7 heteroatoms. The van der Waals surface area contributed by atoms with Gasteiger partial charge in [0.05, 0.1) is 16.6 Å². The van der Waals surface area contributed by atoms with Crippen molar-refractivity contribution in [3.8, 4) is 0 Å².